The van der Waals surface area contributed by atoms with E-state index in [0.29, 0.717) is 6.04 Å². The Morgan fingerprint density at radius 1 is 1.47 bits per heavy atom. The quantitative estimate of drug-likeness (QED) is 0.754. The molecule has 78 valence electrons. The number of nitrogens with one attached hydrogen (secondary N) is 1. The van der Waals surface area contributed by atoms with Gasteiger partial charge in [0.25, 0.3) is 0 Å². The van der Waals surface area contributed by atoms with E-state index in [2.05, 4.69) is 20.3 Å². The molecule has 3 rings (SSSR count). The van der Waals surface area contributed by atoms with Crippen LogP contribution in [0.25, 0.3) is 5.65 Å². The third kappa shape index (κ3) is 1.35. The lowest BCUT2D eigenvalue weighted by Gasteiger charge is -2.34. The zero-order valence-electron chi connectivity index (χ0n) is 8.59. The third-order valence-electron chi connectivity index (χ3n) is 2.85. The molecule has 1 aliphatic rings. The Morgan fingerprint density at radius 2 is 2.33 bits per heavy atom. The van der Waals surface area contributed by atoms with Crippen molar-refractivity contribution < 1.29 is 0 Å². The molecule has 0 spiro atoms. The lowest BCUT2D eigenvalue weighted by atomic mass is 10.1. The van der Waals surface area contributed by atoms with Gasteiger partial charge in [0, 0.05) is 26.3 Å². The average Bonchev–Trinajstić information content (AvgIpc) is 2.58. The van der Waals surface area contributed by atoms with Crippen molar-refractivity contribution in [1.29, 1.82) is 0 Å². The number of anilines is 1. The van der Waals surface area contributed by atoms with Crippen LogP contribution in [0.3, 0.4) is 0 Å². The maximum Gasteiger partial charge on any atom is 0.245 e. The lowest BCUT2D eigenvalue weighted by Crippen LogP contribution is -2.56. The lowest BCUT2D eigenvalue weighted by molar-refractivity contribution is 0.424. The van der Waals surface area contributed by atoms with Gasteiger partial charge in [-0.25, -0.2) is 4.52 Å². The minimum Gasteiger partial charge on any atom is -0.337 e. The van der Waals surface area contributed by atoms with Crippen LogP contribution in [-0.4, -0.2) is 40.8 Å². The van der Waals surface area contributed by atoms with E-state index in [-0.39, 0.29) is 0 Å². The van der Waals surface area contributed by atoms with Gasteiger partial charge in [0.15, 0.2) is 5.65 Å². The standard InChI is InChI=1S/C10H13N5/c1-14(8-6-11-7-8)10-12-9-4-2-3-5-15(9)13-10/h2-5,8,11H,6-7H2,1H3. The van der Waals surface area contributed by atoms with Crippen molar-refractivity contribution in [2.45, 2.75) is 6.04 Å². The molecule has 0 saturated carbocycles. The Bertz CT molecular complexity index is 440. The van der Waals surface area contributed by atoms with Crippen LogP contribution in [-0.2, 0) is 0 Å². The fourth-order valence-corrected chi connectivity index (χ4v) is 1.68. The van der Waals surface area contributed by atoms with Gasteiger partial charge in [-0.2, -0.15) is 4.98 Å². The van der Waals surface area contributed by atoms with Crippen LogP contribution in [0.15, 0.2) is 24.4 Å². The van der Waals surface area contributed by atoms with Gasteiger partial charge in [-0.15, -0.1) is 5.10 Å². The van der Waals surface area contributed by atoms with E-state index in [9.17, 15) is 0 Å². The number of hydrogen-bond donors (Lipinski definition) is 1. The topological polar surface area (TPSA) is 45.5 Å². The highest BCUT2D eigenvalue weighted by molar-refractivity contribution is 5.44. The summed E-state index contributed by atoms with van der Waals surface area (Å²) in [4.78, 5) is 6.59. The first-order chi connectivity index (χ1) is 7.34. The maximum atomic E-state index is 4.47. The molecule has 1 aliphatic heterocycles. The Morgan fingerprint density at radius 3 is 3.00 bits per heavy atom. The van der Waals surface area contributed by atoms with Crippen LogP contribution in [0.4, 0.5) is 5.95 Å². The van der Waals surface area contributed by atoms with Crippen molar-refractivity contribution >= 4 is 11.6 Å². The zero-order chi connectivity index (χ0) is 10.3. The van der Waals surface area contributed by atoms with Gasteiger partial charge in [0.2, 0.25) is 5.95 Å². The molecule has 5 heteroatoms. The Balaban J connectivity index is 1.96. The summed E-state index contributed by atoms with van der Waals surface area (Å²) in [6.07, 6.45) is 1.92. The first-order valence-electron chi connectivity index (χ1n) is 5.09. The van der Waals surface area contributed by atoms with Crippen molar-refractivity contribution in [2.24, 2.45) is 0 Å². The Kier molecular flexibility index (Phi) is 1.85. The molecule has 0 unspecified atom stereocenters. The van der Waals surface area contributed by atoms with E-state index in [1.54, 1.807) is 4.52 Å². The van der Waals surface area contributed by atoms with Crippen molar-refractivity contribution in [3.05, 3.63) is 24.4 Å². The number of nitrogens with zero attached hydrogens (tertiary/aromatic N) is 4. The van der Waals surface area contributed by atoms with Gasteiger partial charge in [-0.3, -0.25) is 0 Å². The van der Waals surface area contributed by atoms with Crippen molar-refractivity contribution in [3.63, 3.8) is 0 Å². The molecule has 2 aromatic rings. The second kappa shape index (κ2) is 3.20. The molecule has 15 heavy (non-hydrogen) atoms. The molecule has 3 heterocycles. The minimum atomic E-state index is 0.530. The molecule has 0 atom stereocenters. The first kappa shape index (κ1) is 8.67. The van der Waals surface area contributed by atoms with E-state index in [0.717, 1.165) is 24.7 Å². The smallest absolute Gasteiger partial charge is 0.245 e. The SMILES string of the molecule is CN(c1nc2ccccn2n1)C1CNC1. The zero-order valence-corrected chi connectivity index (χ0v) is 8.59. The molecule has 0 aromatic carbocycles. The molecule has 2 aromatic heterocycles. The van der Waals surface area contributed by atoms with Gasteiger partial charge in [-0.1, -0.05) is 6.07 Å². The van der Waals surface area contributed by atoms with Gasteiger partial charge in [0.05, 0.1) is 6.04 Å². The molecular formula is C10H13N5. The Hall–Kier alpha value is -1.62. The Labute approximate surface area is 87.7 Å². The average molecular weight is 203 g/mol. The van der Waals surface area contributed by atoms with E-state index in [1.807, 2.05) is 31.4 Å². The van der Waals surface area contributed by atoms with Crippen LogP contribution < -0.4 is 10.2 Å². The number of pyridine rings is 1. The summed E-state index contributed by atoms with van der Waals surface area (Å²) in [5.41, 5.74) is 0.895. The van der Waals surface area contributed by atoms with Gasteiger partial charge >= 0.3 is 0 Å². The van der Waals surface area contributed by atoms with Crippen LogP contribution >= 0.6 is 0 Å². The molecule has 0 aliphatic carbocycles. The predicted molar refractivity (Wildman–Crippen MR) is 58.0 cm³/mol. The third-order valence-corrected chi connectivity index (χ3v) is 2.85. The normalized spacial score (nSPS) is 16.6. The van der Waals surface area contributed by atoms with Gasteiger partial charge < -0.3 is 10.2 Å². The highest BCUT2D eigenvalue weighted by Crippen LogP contribution is 2.13. The highest BCUT2D eigenvalue weighted by atomic mass is 15.4. The molecule has 0 amide bonds. The number of likely N-dealkylation sites (N-methyl/N-ethyl adjacent to an activating group) is 1. The van der Waals surface area contributed by atoms with Crippen molar-refractivity contribution in [1.82, 2.24) is 19.9 Å². The summed E-state index contributed by atoms with van der Waals surface area (Å²) in [6.45, 7) is 2.04. The molecule has 1 fully saturated rings. The highest BCUT2D eigenvalue weighted by Gasteiger charge is 2.24. The summed E-state index contributed by atoms with van der Waals surface area (Å²) in [6, 6.07) is 6.42. The number of aromatic nitrogens is 3. The molecule has 5 nitrogen and oxygen atoms in total. The summed E-state index contributed by atoms with van der Waals surface area (Å²) in [7, 11) is 2.04. The second-order valence-electron chi connectivity index (χ2n) is 3.84. The van der Waals surface area contributed by atoms with Gasteiger partial charge in [0.1, 0.15) is 0 Å². The minimum absolute atomic E-state index is 0.530. The summed E-state index contributed by atoms with van der Waals surface area (Å²) >= 11 is 0. The number of hydrogen-bond acceptors (Lipinski definition) is 4. The van der Waals surface area contributed by atoms with Crippen LogP contribution in [0.5, 0.6) is 0 Å². The second-order valence-corrected chi connectivity index (χ2v) is 3.84. The maximum absolute atomic E-state index is 4.47. The fraction of sp³-hybridized carbons (Fsp3) is 0.400. The van der Waals surface area contributed by atoms with Crippen molar-refractivity contribution in [2.75, 3.05) is 25.0 Å². The predicted octanol–water partition coefficient (Wildman–Crippen LogP) is 0.137. The van der Waals surface area contributed by atoms with E-state index < -0.39 is 0 Å². The van der Waals surface area contributed by atoms with Crippen LogP contribution in [0, 0.1) is 0 Å². The number of fused-ring (bicyclic) bond motifs is 1. The van der Waals surface area contributed by atoms with Gasteiger partial charge in [-0.05, 0) is 12.1 Å². The monoisotopic (exact) mass is 203 g/mol. The summed E-state index contributed by atoms with van der Waals surface area (Å²) in [5.74, 6) is 0.799. The van der Waals surface area contributed by atoms with Crippen LogP contribution in [0.2, 0.25) is 0 Å². The van der Waals surface area contributed by atoms with E-state index in [4.69, 9.17) is 0 Å². The molecule has 1 N–H and O–H groups in total. The summed E-state index contributed by atoms with van der Waals surface area (Å²) in [5, 5.41) is 7.66. The fourth-order valence-electron chi connectivity index (χ4n) is 1.68. The summed E-state index contributed by atoms with van der Waals surface area (Å²) < 4.78 is 1.80. The van der Waals surface area contributed by atoms with Crippen LogP contribution in [0.1, 0.15) is 0 Å². The molecule has 0 bridgehead atoms. The number of rotatable bonds is 2. The van der Waals surface area contributed by atoms with E-state index in [1.165, 1.54) is 0 Å². The molecule has 0 radical (unpaired) electrons. The molecular weight excluding hydrogens is 190 g/mol. The largest absolute Gasteiger partial charge is 0.337 e. The molecule has 1 saturated heterocycles. The first-order valence-corrected chi connectivity index (χ1v) is 5.09. The van der Waals surface area contributed by atoms with E-state index >= 15 is 0 Å². The van der Waals surface area contributed by atoms with Crippen molar-refractivity contribution in [3.8, 4) is 0 Å².